The number of hydrogen-bond donors (Lipinski definition) is 0. The highest BCUT2D eigenvalue weighted by molar-refractivity contribution is 5.71. The number of allylic oxidation sites excluding steroid dienone is 14. The van der Waals surface area contributed by atoms with Crippen molar-refractivity contribution in [3.8, 4) is 0 Å². The van der Waals surface area contributed by atoms with E-state index in [0.29, 0.717) is 19.3 Å². The summed E-state index contributed by atoms with van der Waals surface area (Å²) in [5.41, 5.74) is 0. The van der Waals surface area contributed by atoms with Crippen molar-refractivity contribution >= 4 is 17.9 Å². The van der Waals surface area contributed by atoms with Gasteiger partial charge in [0.2, 0.25) is 0 Å². The van der Waals surface area contributed by atoms with E-state index in [2.05, 4.69) is 106 Å². The van der Waals surface area contributed by atoms with Gasteiger partial charge >= 0.3 is 17.9 Å². The predicted molar refractivity (Wildman–Crippen MR) is 353 cm³/mol. The maximum atomic E-state index is 12.9. The van der Waals surface area contributed by atoms with Crippen LogP contribution in [0.1, 0.15) is 355 Å². The Bertz CT molecular complexity index is 1530. The van der Waals surface area contributed by atoms with Crippen LogP contribution in [0.25, 0.3) is 0 Å². The summed E-state index contributed by atoms with van der Waals surface area (Å²) >= 11 is 0. The molecule has 0 aromatic rings. The molecule has 0 saturated heterocycles. The first-order valence-corrected chi connectivity index (χ1v) is 35.1. The normalized spacial score (nSPS) is 12.6. The fourth-order valence-corrected chi connectivity index (χ4v) is 10.2. The number of unbranched alkanes of at least 4 members (excludes halogenated alkanes) is 39. The number of rotatable bonds is 64. The third-order valence-corrected chi connectivity index (χ3v) is 15.4. The van der Waals surface area contributed by atoms with Crippen molar-refractivity contribution in [1.82, 2.24) is 0 Å². The van der Waals surface area contributed by atoms with Crippen molar-refractivity contribution in [3.05, 3.63) is 85.1 Å². The molecule has 0 aliphatic heterocycles. The SMILES string of the molecule is CC/C=C\C/C=C\C/C=C\C/C=C\CCCCCCCCCCCCCCCCCCCCC(=O)OCC(COC(=O)CCCCCCC)OC(=O)CCCCCCCCCCCCCC/C=C\C/C=C\C/C=C\CCCCCCC. The van der Waals surface area contributed by atoms with Gasteiger partial charge in [0, 0.05) is 19.3 Å². The van der Waals surface area contributed by atoms with Gasteiger partial charge in [-0.15, -0.1) is 0 Å². The number of carbonyl (C=O) groups excluding carboxylic acids is 3. The molecule has 6 nitrogen and oxygen atoms in total. The van der Waals surface area contributed by atoms with Crippen LogP contribution < -0.4 is 0 Å². The van der Waals surface area contributed by atoms with Crippen LogP contribution in [0.2, 0.25) is 0 Å². The molecule has 0 aliphatic carbocycles. The summed E-state index contributed by atoms with van der Waals surface area (Å²) in [7, 11) is 0. The van der Waals surface area contributed by atoms with Crippen molar-refractivity contribution in [3.63, 3.8) is 0 Å². The zero-order valence-electron chi connectivity index (χ0n) is 53.8. The molecule has 0 N–H and O–H groups in total. The summed E-state index contributed by atoms with van der Waals surface area (Å²) in [5, 5.41) is 0. The lowest BCUT2D eigenvalue weighted by atomic mass is 10.0. The molecule has 0 heterocycles. The predicted octanol–water partition coefficient (Wildman–Crippen LogP) is 24.2. The Morgan fingerprint density at radius 1 is 0.259 bits per heavy atom. The van der Waals surface area contributed by atoms with Gasteiger partial charge in [-0.05, 0) is 96.3 Å². The van der Waals surface area contributed by atoms with Crippen LogP contribution in [0.4, 0.5) is 0 Å². The van der Waals surface area contributed by atoms with Gasteiger partial charge in [-0.25, -0.2) is 0 Å². The van der Waals surface area contributed by atoms with Gasteiger partial charge in [-0.1, -0.05) is 324 Å². The molecule has 0 aliphatic rings. The minimum Gasteiger partial charge on any atom is -0.462 e. The van der Waals surface area contributed by atoms with Gasteiger partial charge < -0.3 is 14.2 Å². The van der Waals surface area contributed by atoms with Gasteiger partial charge in [0.15, 0.2) is 6.10 Å². The Morgan fingerprint density at radius 3 is 0.753 bits per heavy atom. The molecular weight excluding hydrogens is 997 g/mol. The maximum Gasteiger partial charge on any atom is 0.306 e. The molecule has 0 radical (unpaired) electrons. The van der Waals surface area contributed by atoms with Gasteiger partial charge in [-0.2, -0.15) is 0 Å². The third-order valence-electron chi connectivity index (χ3n) is 15.4. The zero-order valence-corrected chi connectivity index (χ0v) is 53.8. The molecule has 468 valence electrons. The van der Waals surface area contributed by atoms with Crippen molar-refractivity contribution in [2.75, 3.05) is 13.2 Å². The van der Waals surface area contributed by atoms with E-state index in [1.54, 1.807) is 0 Å². The second kappa shape index (κ2) is 69.1. The van der Waals surface area contributed by atoms with E-state index in [9.17, 15) is 14.4 Å². The van der Waals surface area contributed by atoms with E-state index in [-0.39, 0.29) is 31.1 Å². The molecule has 1 atom stereocenters. The molecular formula is C75H132O6. The average molecular weight is 1130 g/mol. The van der Waals surface area contributed by atoms with Crippen LogP contribution in [-0.2, 0) is 28.6 Å². The highest BCUT2D eigenvalue weighted by Gasteiger charge is 2.19. The molecule has 1 unspecified atom stereocenters. The highest BCUT2D eigenvalue weighted by Crippen LogP contribution is 2.18. The quantitative estimate of drug-likeness (QED) is 0.0261. The largest absolute Gasteiger partial charge is 0.462 e. The lowest BCUT2D eigenvalue weighted by molar-refractivity contribution is -0.167. The molecule has 0 aromatic carbocycles. The molecule has 0 amide bonds. The second-order valence-electron chi connectivity index (χ2n) is 23.4. The van der Waals surface area contributed by atoms with Gasteiger partial charge in [0.05, 0.1) is 0 Å². The third kappa shape index (κ3) is 67.3. The van der Waals surface area contributed by atoms with Crippen LogP contribution in [-0.4, -0.2) is 37.2 Å². The number of hydrogen-bond acceptors (Lipinski definition) is 6. The fraction of sp³-hybridized carbons (Fsp3) is 0.773. The van der Waals surface area contributed by atoms with E-state index < -0.39 is 6.10 Å². The second-order valence-corrected chi connectivity index (χ2v) is 23.4. The minimum absolute atomic E-state index is 0.0731. The van der Waals surface area contributed by atoms with E-state index in [1.807, 2.05) is 0 Å². The van der Waals surface area contributed by atoms with Gasteiger partial charge in [-0.3, -0.25) is 14.4 Å². The average Bonchev–Trinajstić information content (AvgIpc) is 3.47. The molecule has 6 heteroatoms. The van der Waals surface area contributed by atoms with Crippen molar-refractivity contribution < 1.29 is 28.6 Å². The molecule has 0 aromatic heterocycles. The Hall–Kier alpha value is -3.41. The highest BCUT2D eigenvalue weighted by atomic mass is 16.6. The van der Waals surface area contributed by atoms with Gasteiger partial charge in [0.1, 0.15) is 13.2 Å². The number of carbonyl (C=O) groups is 3. The molecule has 0 bridgehead atoms. The number of ether oxygens (including phenoxy) is 3. The van der Waals surface area contributed by atoms with Crippen molar-refractivity contribution in [1.29, 1.82) is 0 Å². The van der Waals surface area contributed by atoms with Gasteiger partial charge in [0.25, 0.3) is 0 Å². The summed E-state index contributed by atoms with van der Waals surface area (Å²) in [6.07, 6.45) is 92.4. The van der Waals surface area contributed by atoms with E-state index in [0.717, 1.165) is 103 Å². The summed E-state index contributed by atoms with van der Waals surface area (Å²) < 4.78 is 16.8. The maximum absolute atomic E-state index is 12.9. The smallest absolute Gasteiger partial charge is 0.306 e. The van der Waals surface area contributed by atoms with Crippen LogP contribution in [0.5, 0.6) is 0 Å². The van der Waals surface area contributed by atoms with E-state index in [1.165, 1.54) is 212 Å². The topological polar surface area (TPSA) is 78.9 Å². The lowest BCUT2D eigenvalue weighted by Gasteiger charge is -2.18. The first-order valence-electron chi connectivity index (χ1n) is 35.1. The van der Waals surface area contributed by atoms with Crippen LogP contribution in [0.15, 0.2) is 85.1 Å². The first-order chi connectivity index (χ1) is 40.0. The zero-order chi connectivity index (χ0) is 58.5. The molecule has 0 saturated carbocycles. The fourth-order valence-electron chi connectivity index (χ4n) is 10.2. The lowest BCUT2D eigenvalue weighted by Crippen LogP contribution is -2.30. The summed E-state index contributed by atoms with van der Waals surface area (Å²) in [4.78, 5) is 38.0. The van der Waals surface area contributed by atoms with E-state index in [4.69, 9.17) is 14.2 Å². The van der Waals surface area contributed by atoms with Crippen LogP contribution >= 0.6 is 0 Å². The van der Waals surface area contributed by atoms with Crippen LogP contribution in [0.3, 0.4) is 0 Å². The molecule has 0 rings (SSSR count). The Morgan fingerprint density at radius 2 is 0.481 bits per heavy atom. The number of esters is 3. The van der Waals surface area contributed by atoms with E-state index >= 15 is 0 Å². The monoisotopic (exact) mass is 1130 g/mol. The minimum atomic E-state index is -0.773. The summed E-state index contributed by atoms with van der Waals surface area (Å²) in [5.74, 6) is -0.873. The molecule has 81 heavy (non-hydrogen) atoms. The summed E-state index contributed by atoms with van der Waals surface area (Å²) in [6.45, 7) is 6.47. The van der Waals surface area contributed by atoms with Crippen molar-refractivity contribution in [2.24, 2.45) is 0 Å². The Balaban J connectivity index is 3.96. The first kappa shape index (κ1) is 77.6. The molecule has 0 fully saturated rings. The van der Waals surface area contributed by atoms with Crippen molar-refractivity contribution in [2.45, 2.75) is 361 Å². The Kier molecular flexibility index (Phi) is 66.2. The Labute approximate surface area is 503 Å². The van der Waals surface area contributed by atoms with Crippen LogP contribution in [0, 0.1) is 0 Å². The molecule has 0 spiro atoms. The summed E-state index contributed by atoms with van der Waals surface area (Å²) in [6, 6.07) is 0. The standard InChI is InChI=1S/C75H132O6/c1-4-7-10-13-15-17-19-21-23-25-27-29-31-33-35-36-37-38-40-41-43-45-47-49-51-53-55-57-59-62-65-68-74(77)80-71-72(70-79-73(76)67-64-61-12-9-6-3)81-75(78)69-66-63-60-58-56-54-52-50-48-46-44-42-39-34-32-30-28-26-24-22-20-18-16-14-11-8-5-2/h7,10,15,17,20-23,26-29,32,34,72H,4-6,8-9,11-14,16,18-19,24-25,30-31,33,35-71H2,1-3H3/b10-7-,17-15-,22-20-,23-21-,28-26-,29-27-,34-32-.